The van der Waals surface area contributed by atoms with E-state index in [-0.39, 0.29) is 23.9 Å². The number of aromatic nitrogens is 1. The van der Waals surface area contributed by atoms with Gasteiger partial charge in [0.2, 0.25) is 10.0 Å². The van der Waals surface area contributed by atoms with Gasteiger partial charge in [-0.2, -0.15) is 8.93 Å². The Hall–Kier alpha value is -3.86. The summed E-state index contributed by atoms with van der Waals surface area (Å²) >= 11 is -2.61. The number of para-hydroxylation sites is 1. The summed E-state index contributed by atoms with van der Waals surface area (Å²) in [6.07, 6.45) is 1.37. The number of benzene rings is 3. The van der Waals surface area contributed by atoms with Crippen molar-refractivity contribution in [1.82, 2.24) is 14.6 Å². The van der Waals surface area contributed by atoms with Crippen molar-refractivity contribution >= 4 is 55.0 Å². The minimum absolute atomic E-state index is 0.0561. The molecule has 0 aliphatic carbocycles. The van der Waals surface area contributed by atoms with Crippen LogP contribution in [0.4, 0.5) is 0 Å². The number of esters is 1. The zero-order valence-corrected chi connectivity index (χ0v) is 23.9. The van der Waals surface area contributed by atoms with Crippen LogP contribution < -0.4 is 10.5 Å². The van der Waals surface area contributed by atoms with Gasteiger partial charge in [-0.3, -0.25) is 19.3 Å². The van der Waals surface area contributed by atoms with E-state index >= 15 is 0 Å². The van der Waals surface area contributed by atoms with E-state index in [0.717, 1.165) is 27.2 Å². The van der Waals surface area contributed by atoms with Gasteiger partial charge in [-0.05, 0) is 34.5 Å². The number of guanidine groups is 1. The van der Waals surface area contributed by atoms with E-state index in [0.29, 0.717) is 19.7 Å². The Morgan fingerprint density at radius 3 is 2.60 bits per heavy atom. The molecule has 0 radical (unpaired) electrons. The number of sulfonamides is 1. The molecule has 0 spiro atoms. The SMILES string of the molecule is N=C(N)N1CCOC(COC(=O)[C@@H](Cc2c[nH]c3ccccc23)NS(=O)(=O)c2ccc3ccccc3c2)C1.O=S(O)O. The van der Waals surface area contributed by atoms with Crippen molar-refractivity contribution < 1.29 is 36.0 Å². The third-order valence-corrected chi connectivity index (χ3v) is 8.07. The lowest BCUT2D eigenvalue weighted by atomic mass is 10.1. The van der Waals surface area contributed by atoms with Crippen LogP contribution in [0, 0.1) is 5.41 Å². The van der Waals surface area contributed by atoms with E-state index < -0.39 is 39.5 Å². The number of hydrogen-bond acceptors (Lipinski definition) is 7. The summed E-state index contributed by atoms with van der Waals surface area (Å²) in [6.45, 7) is 1.03. The number of nitrogens with two attached hydrogens (primary N) is 1. The summed E-state index contributed by atoms with van der Waals surface area (Å²) < 4.78 is 63.4. The molecule has 2 atom stereocenters. The van der Waals surface area contributed by atoms with Crippen LogP contribution in [0.25, 0.3) is 21.7 Å². The molecule has 13 nitrogen and oxygen atoms in total. The second-order valence-corrected chi connectivity index (χ2v) is 11.6. The van der Waals surface area contributed by atoms with Gasteiger partial charge >= 0.3 is 5.97 Å². The maximum Gasteiger partial charge on any atom is 0.324 e. The van der Waals surface area contributed by atoms with Crippen LogP contribution in [0.2, 0.25) is 0 Å². The van der Waals surface area contributed by atoms with Gasteiger partial charge in [0.25, 0.3) is 11.4 Å². The molecule has 0 saturated carbocycles. The van der Waals surface area contributed by atoms with Gasteiger partial charge in [-0.25, -0.2) is 8.42 Å². The lowest BCUT2D eigenvalue weighted by Gasteiger charge is -2.33. The molecule has 1 aliphatic heterocycles. The molecular formula is C27H31N5O8S2. The van der Waals surface area contributed by atoms with Gasteiger partial charge in [0.05, 0.1) is 18.0 Å². The minimum atomic E-state index is -4.06. The zero-order chi connectivity index (χ0) is 30.3. The molecule has 1 fully saturated rings. The molecule has 42 heavy (non-hydrogen) atoms. The monoisotopic (exact) mass is 617 g/mol. The highest BCUT2D eigenvalue weighted by Gasteiger charge is 2.30. The fourth-order valence-corrected chi connectivity index (χ4v) is 5.82. The zero-order valence-electron chi connectivity index (χ0n) is 22.3. The number of nitrogens with zero attached hydrogens (tertiary/aromatic N) is 1. The fourth-order valence-electron chi connectivity index (χ4n) is 4.60. The van der Waals surface area contributed by atoms with E-state index in [1.807, 2.05) is 48.5 Å². The van der Waals surface area contributed by atoms with Crippen LogP contribution in [0.15, 0.2) is 77.8 Å². The Balaban J connectivity index is 0.000000952. The van der Waals surface area contributed by atoms with Crippen molar-refractivity contribution in [3.8, 4) is 0 Å². The molecule has 7 N–H and O–H groups in total. The highest BCUT2D eigenvalue weighted by atomic mass is 32.2. The number of H-pyrrole nitrogens is 1. The van der Waals surface area contributed by atoms with Gasteiger partial charge in [-0.1, -0.05) is 48.5 Å². The molecule has 4 aromatic rings. The van der Waals surface area contributed by atoms with Crippen LogP contribution in [-0.4, -0.2) is 82.0 Å². The lowest BCUT2D eigenvalue weighted by Crippen LogP contribution is -2.50. The molecule has 1 aliphatic rings. The summed E-state index contributed by atoms with van der Waals surface area (Å²) in [5, 5.41) is 10.2. The number of morpholine rings is 1. The smallest absolute Gasteiger partial charge is 0.324 e. The van der Waals surface area contributed by atoms with E-state index in [2.05, 4.69) is 9.71 Å². The first kappa shape index (κ1) is 31.1. The third kappa shape index (κ3) is 8.12. The predicted octanol–water partition coefficient (Wildman–Crippen LogP) is 2.03. The lowest BCUT2D eigenvalue weighted by molar-refractivity contribution is -0.151. The first-order valence-corrected chi connectivity index (χ1v) is 15.3. The Morgan fingerprint density at radius 1 is 1.17 bits per heavy atom. The second-order valence-electron chi connectivity index (χ2n) is 9.43. The molecule has 5 rings (SSSR count). The van der Waals surface area contributed by atoms with Crippen LogP contribution in [0.5, 0.6) is 0 Å². The number of aromatic amines is 1. The summed E-state index contributed by atoms with van der Waals surface area (Å²) in [4.78, 5) is 18.1. The van der Waals surface area contributed by atoms with Gasteiger partial charge in [0.15, 0.2) is 5.96 Å². The quantitative estimate of drug-likeness (QED) is 0.0733. The van der Waals surface area contributed by atoms with Crippen LogP contribution in [-0.2, 0) is 42.1 Å². The number of hydrogen-bond donors (Lipinski definition) is 6. The van der Waals surface area contributed by atoms with Crippen LogP contribution in [0.1, 0.15) is 5.56 Å². The number of nitrogens with one attached hydrogen (secondary N) is 3. The van der Waals surface area contributed by atoms with Crippen molar-refractivity contribution in [2.45, 2.75) is 23.5 Å². The Morgan fingerprint density at radius 2 is 1.86 bits per heavy atom. The van der Waals surface area contributed by atoms with E-state index in [1.165, 1.54) is 6.07 Å². The molecular weight excluding hydrogens is 586 g/mol. The number of fused-ring (bicyclic) bond motifs is 2. The normalized spacial score (nSPS) is 16.2. The van der Waals surface area contributed by atoms with E-state index in [9.17, 15) is 13.2 Å². The summed E-state index contributed by atoms with van der Waals surface area (Å²) in [7, 11) is -4.06. The molecule has 0 bridgehead atoms. The van der Waals surface area contributed by atoms with Gasteiger partial charge < -0.3 is 25.1 Å². The number of ether oxygens (including phenoxy) is 2. The molecule has 15 heteroatoms. The molecule has 1 unspecified atom stereocenters. The molecule has 2 heterocycles. The van der Waals surface area contributed by atoms with Crippen molar-refractivity contribution in [3.63, 3.8) is 0 Å². The summed E-state index contributed by atoms with van der Waals surface area (Å²) in [6, 6.07) is 18.7. The van der Waals surface area contributed by atoms with Crippen molar-refractivity contribution in [2.24, 2.45) is 5.73 Å². The summed E-state index contributed by atoms with van der Waals surface area (Å²) in [5.41, 5.74) is 7.24. The van der Waals surface area contributed by atoms with Gasteiger partial charge in [0.1, 0.15) is 18.8 Å². The molecule has 1 saturated heterocycles. The predicted molar refractivity (Wildman–Crippen MR) is 158 cm³/mol. The minimum Gasteiger partial charge on any atom is -0.462 e. The molecule has 3 aromatic carbocycles. The topological polar surface area (TPSA) is 208 Å². The van der Waals surface area contributed by atoms with E-state index in [1.54, 1.807) is 23.2 Å². The average Bonchev–Trinajstić information content (AvgIpc) is 3.37. The highest BCUT2D eigenvalue weighted by molar-refractivity contribution is 7.89. The summed E-state index contributed by atoms with van der Waals surface area (Å²) in [5.74, 6) is -0.798. The first-order valence-electron chi connectivity index (χ1n) is 12.8. The largest absolute Gasteiger partial charge is 0.462 e. The van der Waals surface area contributed by atoms with Crippen LogP contribution >= 0.6 is 0 Å². The number of carbonyl (C=O) groups is 1. The highest BCUT2D eigenvalue weighted by Crippen LogP contribution is 2.22. The molecule has 0 amide bonds. The standard InChI is InChI=1S/C27H29N5O5S.H2O3S/c28-27(29)32-11-12-36-21(16-32)17-37-26(33)25(14-20-15-30-24-8-4-3-7-23(20)24)31-38(34,35)22-10-9-18-5-1-2-6-19(18)13-22;1-4(2)3/h1-10,13,15,21,25,30-31H,11-12,14,16-17H2,(H3,28,29);(H2,1,2,3)/t21?,25-;/m1./s1. The van der Waals surface area contributed by atoms with E-state index in [4.69, 9.17) is 33.9 Å². The Labute approximate surface area is 244 Å². The van der Waals surface area contributed by atoms with Crippen LogP contribution in [0.3, 0.4) is 0 Å². The Bertz CT molecular complexity index is 1690. The second kappa shape index (κ2) is 13.9. The van der Waals surface area contributed by atoms with Gasteiger partial charge in [-0.15, -0.1) is 0 Å². The molecule has 224 valence electrons. The average molecular weight is 618 g/mol. The van der Waals surface area contributed by atoms with Crippen molar-refractivity contribution in [3.05, 3.63) is 78.5 Å². The van der Waals surface area contributed by atoms with Gasteiger partial charge in [0, 0.05) is 30.1 Å². The molecule has 1 aromatic heterocycles. The number of carbonyl (C=O) groups excluding carboxylic acids is 1. The van der Waals surface area contributed by atoms with Crippen molar-refractivity contribution in [1.29, 1.82) is 5.41 Å². The van der Waals surface area contributed by atoms with Crippen molar-refractivity contribution in [2.75, 3.05) is 26.3 Å². The fraction of sp³-hybridized carbons (Fsp3) is 0.259. The maximum absolute atomic E-state index is 13.4. The third-order valence-electron chi connectivity index (χ3n) is 6.60. The number of rotatable bonds is 8. The maximum atomic E-state index is 13.4. The first-order chi connectivity index (χ1) is 20.0. The Kier molecular flexibility index (Phi) is 10.3.